The number of thioether (sulfide) groups is 1. The highest BCUT2D eigenvalue weighted by molar-refractivity contribution is 7.99. The van der Waals surface area contributed by atoms with E-state index in [0.717, 1.165) is 32.5 Å². The SMILES string of the molecule is Cc1ccc(Cn2c(SCC(=O)N/N=C\c3cccc4ccccc34)nc3ccccc32)cc1. The van der Waals surface area contributed by atoms with Crippen LogP contribution in [0, 0.1) is 6.92 Å². The summed E-state index contributed by atoms with van der Waals surface area (Å²) >= 11 is 1.42. The Bertz CT molecular complexity index is 1480. The number of hydrogen-bond donors (Lipinski definition) is 1. The summed E-state index contributed by atoms with van der Waals surface area (Å²) in [5.74, 6) is 0.0554. The van der Waals surface area contributed by atoms with Crippen LogP contribution in [0.3, 0.4) is 0 Å². The fraction of sp³-hybridized carbons (Fsp3) is 0.107. The molecule has 4 aromatic carbocycles. The van der Waals surface area contributed by atoms with E-state index in [1.165, 1.54) is 22.9 Å². The van der Waals surface area contributed by atoms with Crippen molar-refractivity contribution < 1.29 is 4.79 Å². The number of carbonyl (C=O) groups is 1. The number of hydrazone groups is 1. The van der Waals surface area contributed by atoms with Gasteiger partial charge in [0.1, 0.15) is 0 Å². The molecule has 0 aliphatic rings. The summed E-state index contributed by atoms with van der Waals surface area (Å²) in [7, 11) is 0. The zero-order valence-electron chi connectivity index (χ0n) is 18.8. The molecule has 0 unspecified atom stereocenters. The Labute approximate surface area is 202 Å². The number of imidazole rings is 1. The number of nitrogens with one attached hydrogen (secondary N) is 1. The quantitative estimate of drug-likeness (QED) is 0.188. The van der Waals surface area contributed by atoms with Crippen LogP contribution in [0.5, 0.6) is 0 Å². The number of amides is 1. The summed E-state index contributed by atoms with van der Waals surface area (Å²) in [6, 6.07) is 30.7. The second kappa shape index (κ2) is 9.93. The van der Waals surface area contributed by atoms with Gasteiger partial charge >= 0.3 is 0 Å². The maximum absolute atomic E-state index is 12.5. The number of nitrogens with zero attached hydrogens (tertiary/aromatic N) is 3. The van der Waals surface area contributed by atoms with E-state index in [0.29, 0.717) is 6.54 Å². The van der Waals surface area contributed by atoms with E-state index in [1.807, 2.05) is 48.5 Å². The van der Waals surface area contributed by atoms with E-state index < -0.39 is 0 Å². The highest BCUT2D eigenvalue weighted by Gasteiger charge is 2.13. The fourth-order valence-corrected chi connectivity index (χ4v) is 4.70. The summed E-state index contributed by atoms with van der Waals surface area (Å²) in [5, 5.41) is 7.23. The molecule has 34 heavy (non-hydrogen) atoms. The molecule has 0 aliphatic carbocycles. The zero-order valence-corrected chi connectivity index (χ0v) is 19.6. The van der Waals surface area contributed by atoms with E-state index in [1.54, 1.807) is 6.21 Å². The Morgan fingerprint density at radius 3 is 2.62 bits per heavy atom. The predicted molar refractivity (Wildman–Crippen MR) is 140 cm³/mol. The molecule has 5 nitrogen and oxygen atoms in total. The Kier molecular flexibility index (Phi) is 6.40. The van der Waals surface area contributed by atoms with Gasteiger partial charge in [-0.3, -0.25) is 4.79 Å². The first kappa shape index (κ1) is 21.9. The van der Waals surface area contributed by atoms with Gasteiger partial charge in [0.15, 0.2) is 5.16 Å². The molecular weight excluding hydrogens is 440 g/mol. The molecule has 0 saturated carbocycles. The Morgan fingerprint density at radius 1 is 0.971 bits per heavy atom. The Balaban J connectivity index is 1.28. The molecule has 1 aromatic heterocycles. The van der Waals surface area contributed by atoms with Crippen LogP contribution in [-0.4, -0.2) is 27.4 Å². The average Bonchev–Trinajstić information content (AvgIpc) is 3.21. The van der Waals surface area contributed by atoms with Crippen LogP contribution >= 0.6 is 11.8 Å². The third kappa shape index (κ3) is 4.87. The number of para-hydroxylation sites is 2. The van der Waals surface area contributed by atoms with Crippen molar-refractivity contribution in [1.29, 1.82) is 0 Å². The van der Waals surface area contributed by atoms with Crippen molar-refractivity contribution in [2.75, 3.05) is 5.75 Å². The standard InChI is InChI=1S/C28H24N4OS/c1-20-13-15-21(16-14-20)18-32-26-12-5-4-11-25(26)30-28(32)34-19-27(33)31-29-17-23-9-6-8-22-7-2-3-10-24(22)23/h2-17H,18-19H2,1H3,(H,31,33)/b29-17-. The molecule has 0 aliphatic heterocycles. The van der Waals surface area contributed by atoms with Gasteiger partial charge in [-0.2, -0.15) is 5.10 Å². The van der Waals surface area contributed by atoms with Crippen molar-refractivity contribution in [3.63, 3.8) is 0 Å². The van der Waals surface area contributed by atoms with Crippen LogP contribution in [0.2, 0.25) is 0 Å². The number of hydrogen-bond acceptors (Lipinski definition) is 4. The number of rotatable bonds is 7. The van der Waals surface area contributed by atoms with Gasteiger partial charge in [0.05, 0.1) is 29.5 Å². The van der Waals surface area contributed by atoms with Gasteiger partial charge in [0, 0.05) is 5.56 Å². The molecule has 1 N–H and O–H groups in total. The van der Waals surface area contributed by atoms with Gasteiger partial charge in [-0.05, 0) is 35.4 Å². The smallest absolute Gasteiger partial charge is 0.250 e. The van der Waals surface area contributed by atoms with Crippen molar-refractivity contribution >= 4 is 45.7 Å². The number of carbonyl (C=O) groups excluding carboxylic acids is 1. The van der Waals surface area contributed by atoms with E-state index in [2.05, 4.69) is 64.5 Å². The van der Waals surface area contributed by atoms with Crippen molar-refractivity contribution in [2.24, 2.45) is 5.10 Å². The minimum Gasteiger partial charge on any atom is -0.314 e. The predicted octanol–water partition coefficient (Wildman–Crippen LogP) is 5.79. The van der Waals surface area contributed by atoms with Crippen LogP contribution in [0.4, 0.5) is 0 Å². The molecule has 5 rings (SSSR count). The van der Waals surface area contributed by atoms with Gasteiger partial charge in [-0.15, -0.1) is 0 Å². The molecule has 168 valence electrons. The highest BCUT2D eigenvalue weighted by atomic mass is 32.2. The Hall–Kier alpha value is -3.90. The van der Waals surface area contributed by atoms with Crippen molar-refractivity contribution in [3.8, 4) is 0 Å². The van der Waals surface area contributed by atoms with Crippen molar-refractivity contribution in [1.82, 2.24) is 15.0 Å². The second-order valence-corrected chi connectivity index (χ2v) is 9.05. The van der Waals surface area contributed by atoms with Gasteiger partial charge < -0.3 is 4.57 Å². The topological polar surface area (TPSA) is 59.3 Å². The third-order valence-electron chi connectivity index (χ3n) is 5.63. The van der Waals surface area contributed by atoms with Gasteiger partial charge in [-0.1, -0.05) is 96.2 Å². The zero-order chi connectivity index (χ0) is 23.3. The second-order valence-electron chi connectivity index (χ2n) is 8.11. The normalized spacial score (nSPS) is 11.4. The number of aryl methyl sites for hydroxylation is 1. The minimum atomic E-state index is -0.171. The lowest BCUT2D eigenvalue weighted by molar-refractivity contribution is -0.118. The average molecular weight is 465 g/mol. The fourth-order valence-electron chi connectivity index (χ4n) is 3.89. The third-order valence-corrected chi connectivity index (χ3v) is 6.61. The molecule has 6 heteroatoms. The number of benzene rings is 4. The van der Waals surface area contributed by atoms with E-state index >= 15 is 0 Å². The maximum Gasteiger partial charge on any atom is 0.250 e. The maximum atomic E-state index is 12.5. The summed E-state index contributed by atoms with van der Waals surface area (Å²) in [5.41, 5.74) is 8.02. The van der Waals surface area contributed by atoms with Crippen molar-refractivity contribution in [3.05, 3.63) is 108 Å². The molecule has 5 aromatic rings. The summed E-state index contributed by atoms with van der Waals surface area (Å²) in [6.07, 6.45) is 1.69. The lowest BCUT2D eigenvalue weighted by Crippen LogP contribution is -2.20. The number of fused-ring (bicyclic) bond motifs is 2. The van der Waals surface area contributed by atoms with Crippen LogP contribution < -0.4 is 5.43 Å². The largest absolute Gasteiger partial charge is 0.314 e. The van der Waals surface area contributed by atoms with Crippen LogP contribution in [-0.2, 0) is 11.3 Å². The van der Waals surface area contributed by atoms with Crippen molar-refractivity contribution in [2.45, 2.75) is 18.6 Å². The summed E-state index contributed by atoms with van der Waals surface area (Å²) in [4.78, 5) is 17.3. The van der Waals surface area contributed by atoms with Crippen LogP contribution in [0.15, 0.2) is 101 Å². The van der Waals surface area contributed by atoms with Crippen LogP contribution in [0.1, 0.15) is 16.7 Å². The first-order valence-corrected chi connectivity index (χ1v) is 12.1. The first-order chi connectivity index (χ1) is 16.7. The molecule has 0 saturated heterocycles. The monoisotopic (exact) mass is 464 g/mol. The molecular formula is C28H24N4OS. The lowest BCUT2D eigenvalue weighted by atomic mass is 10.1. The molecule has 0 atom stereocenters. The van der Waals surface area contributed by atoms with Gasteiger partial charge in [-0.25, -0.2) is 10.4 Å². The highest BCUT2D eigenvalue weighted by Crippen LogP contribution is 2.25. The molecule has 0 spiro atoms. The van der Waals surface area contributed by atoms with Gasteiger partial charge in [0.25, 0.3) is 5.91 Å². The Morgan fingerprint density at radius 2 is 1.74 bits per heavy atom. The first-order valence-electron chi connectivity index (χ1n) is 11.1. The summed E-state index contributed by atoms with van der Waals surface area (Å²) < 4.78 is 2.16. The molecule has 1 amide bonds. The van der Waals surface area contributed by atoms with Crippen LogP contribution in [0.25, 0.3) is 21.8 Å². The van der Waals surface area contributed by atoms with E-state index in [-0.39, 0.29) is 11.7 Å². The number of aromatic nitrogens is 2. The lowest BCUT2D eigenvalue weighted by Gasteiger charge is -2.09. The van der Waals surface area contributed by atoms with E-state index in [4.69, 9.17) is 4.98 Å². The molecule has 0 fully saturated rings. The molecule has 0 bridgehead atoms. The minimum absolute atomic E-state index is 0.171. The molecule has 1 heterocycles. The molecule has 0 radical (unpaired) electrons. The van der Waals surface area contributed by atoms with Gasteiger partial charge in [0.2, 0.25) is 0 Å². The van der Waals surface area contributed by atoms with E-state index in [9.17, 15) is 4.79 Å². The summed E-state index contributed by atoms with van der Waals surface area (Å²) in [6.45, 7) is 2.78.